The van der Waals surface area contributed by atoms with Crippen molar-refractivity contribution in [3.8, 4) is 0 Å². The summed E-state index contributed by atoms with van der Waals surface area (Å²) >= 11 is 0. The molecule has 1 atom stereocenters. The van der Waals surface area contributed by atoms with Crippen molar-refractivity contribution < 1.29 is 4.74 Å². The van der Waals surface area contributed by atoms with Gasteiger partial charge in [-0.3, -0.25) is 0 Å². The van der Waals surface area contributed by atoms with E-state index in [1.54, 1.807) is 7.11 Å². The molecule has 18 heavy (non-hydrogen) atoms. The zero-order chi connectivity index (χ0) is 13.0. The van der Waals surface area contributed by atoms with Crippen LogP contribution in [0.25, 0.3) is 0 Å². The Morgan fingerprint density at radius 1 is 1.44 bits per heavy atom. The second-order valence-corrected chi connectivity index (χ2v) is 4.93. The quantitative estimate of drug-likeness (QED) is 0.864. The first-order valence-corrected chi connectivity index (χ1v) is 6.85. The summed E-state index contributed by atoms with van der Waals surface area (Å²) in [4.78, 5) is 2.45. The lowest BCUT2D eigenvalue weighted by atomic mass is 9.98. The fourth-order valence-electron chi connectivity index (χ4n) is 2.83. The van der Waals surface area contributed by atoms with E-state index in [9.17, 15) is 0 Å². The number of rotatable bonds is 5. The van der Waals surface area contributed by atoms with Gasteiger partial charge in [0.25, 0.3) is 0 Å². The van der Waals surface area contributed by atoms with E-state index in [2.05, 4.69) is 42.3 Å². The number of hydrogen-bond acceptors (Lipinski definition) is 3. The number of likely N-dealkylation sites (N-methyl/N-ethyl adjacent to an activating group) is 1. The molecule has 0 saturated heterocycles. The predicted octanol–water partition coefficient (Wildman–Crippen LogP) is 2.19. The first kappa shape index (κ1) is 13.4. The molecule has 1 aromatic carbocycles. The number of hydrogen-bond donors (Lipinski definition) is 1. The minimum Gasteiger partial charge on any atom is -0.383 e. The fourth-order valence-corrected chi connectivity index (χ4v) is 2.83. The lowest BCUT2D eigenvalue weighted by Gasteiger charge is -2.33. The van der Waals surface area contributed by atoms with Gasteiger partial charge >= 0.3 is 0 Å². The van der Waals surface area contributed by atoms with Crippen molar-refractivity contribution >= 4 is 5.69 Å². The minimum atomic E-state index is 0.418. The van der Waals surface area contributed by atoms with Crippen molar-refractivity contribution in [1.82, 2.24) is 5.32 Å². The minimum absolute atomic E-state index is 0.418. The fraction of sp³-hybridized carbons (Fsp3) is 0.600. The van der Waals surface area contributed by atoms with Gasteiger partial charge in [0, 0.05) is 31.9 Å². The van der Waals surface area contributed by atoms with Gasteiger partial charge in [0.05, 0.1) is 6.61 Å². The van der Waals surface area contributed by atoms with E-state index in [1.165, 1.54) is 16.8 Å². The highest BCUT2D eigenvalue weighted by atomic mass is 16.5. The third kappa shape index (κ3) is 2.68. The van der Waals surface area contributed by atoms with Crippen LogP contribution in [0.2, 0.25) is 0 Å². The number of ether oxygens (including phenoxy) is 1. The van der Waals surface area contributed by atoms with Gasteiger partial charge < -0.3 is 15.0 Å². The summed E-state index contributed by atoms with van der Waals surface area (Å²) in [5.74, 6) is 0. The average Bonchev–Trinajstić information content (AvgIpc) is 2.40. The molecule has 0 aromatic heterocycles. The van der Waals surface area contributed by atoms with Crippen molar-refractivity contribution in [2.24, 2.45) is 0 Å². The van der Waals surface area contributed by atoms with Crippen LogP contribution in [0.1, 0.15) is 25.0 Å². The molecule has 0 aliphatic carbocycles. The van der Waals surface area contributed by atoms with E-state index >= 15 is 0 Å². The van der Waals surface area contributed by atoms with Crippen molar-refractivity contribution in [3.05, 3.63) is 29.3 Å². The summed E-state index contributed by atoms with van der Waals surface area (Å²) in [7, 11) is 1.77. The summed E-state index contributed by atoms with van der Waals surface area (Å²) in [6.07, 6.45) is 1.13. The van der Waals surface area contributed by atoms with Crippen LogP contribution in [0.4, 0.5) is 5.69 Å². The Morgan fingerprint density at radius 2 is 2.28 bits per heavy atom. The first-order chi connectivity index (χ1) is 8.77. The van der Waals surface area contributed by atoms with E-state index < -0.39 is 0 Å². The van der Waals surface area contributed by atoms with Crippen molar-refractivity contribution in [2.75, 3.05) is 31.7 Å². The molecule has 0 spiro atoms. The summed E-state index contributed by atoms with van der Waals surface area (Å²) in [6, 6.07) is 7.07. The van der Waals surface area contributed by atoms with Crippen LogP contribution in [-0.2, 0) is 17.7 Å². The first-order valence-electron chi connectivity index (χ1n) is 6.85. The number of nitrogens with one attached hydrogen (secondary N) is 1. The number of nitrogens with zero attached hydrogens (tertiary/aromatic N) is 1. The molecule has 0 saturated carbocycles. The van der Waals surface area contributed by atoms with Crippen LogP contribution in [0, 0.1) is 0 Å². The van der Waals surface area contributed by atoms with Gasteiger partial charge in [-0.15, -0.1) is 0 Å². The molecule has 100 valence electrons. The summed E-state index contributed by atoms with van der Waals surface area (Å²) in [6.45, 7) is 8.32. The molecule has 3 heteroatoms. The normalized spacial score (nSPS) is 16.2. The largest absolute Gasteiger partial charge is 0.383 e. The molecule has 0 fully saturated rings. The molecule has 2 rings (SSSR count). The zero-order valence-corrected chi connectivity index (χ0v) is 11.7. The summed E-state index contributed by atoms with van der Waals surface area (Å²) in [5.41, 5.74) is 4.35. The van der Waals surface area contributed by atoms with Crippen LogP contribution >= 0.6 is 0 Å². The maximum atomic E-state index is 5.30. The third-order valence-electron chi connectivity index (χ3n) is 3.71. The maximum absolute atomic E-state index is 5.30. The van der Waals surface area contributed by atoms with Crippen molar-refractivity contribution in [1.29, 1.82) is 0 Å². The van der Waals surface area contributed by atoms with Gasteiger partial charge in [-0.25, -0.2) is 0 Å². The van der Waals surface area contributed by atoms with Crippen molar-refractivity contribution in [3.63, 3.8) is 0 Å². The Morgan fingerprint density at radius 3 is 3.00 bits per heavy atom. The molecule has 3 nitrogen and oxygen atoms in total. The maximum Gasteiger partial charge on any atom is 0.0663 e. The Balaban J connectivity index is 2.30. The van der Waals surface area contributed by atoms with Crippen LogP contribution in [0.15, 0.2) is 18.2 Å². The molecule has 1 heterocycles. The van der Waals surface area contributed by atoms with Gasteiger partial charge in [0.2, 0.25) is 0 Å². The van der Waals surface area contributed by atoms with E-state index in [1.807, 2.05) is 0 Å². The van der Waals surface area contributed by atoms with Gasteiger partial charge in [-0.05, 0) is 44.0 Å². The predicted molar refractivity (Wildman–Crippen MR) is 76.2 cm³/mol. The lowest BCUT2D eigenvalue weighted by Crippen LogP contribution is -2.37. The van der Waals surface area contributed by atoms with Gasteiger partial charge in [0.15, 0.2) is 0 Å². The Kier molecular flexibility index (Phi) is 4.61. The van der Waals surface area contributed by atoms with Crippen LogP contribution in [0.3, 0.4) is 0 Å². The van der Waals surface area contributed by atoms with Gasteiger partial charge in [-0.1, -0.05) is 12.1 Å². The Labute approximate surface area is 110 Å². The highest BCUT2D eigenvalue weighted by Gasteiger charge is 2.19. The Bertz CT molecular complexity index is 392. The highest BCUT2D eigenvalue weighted by Crippen LogP contribution is 2.27. The van der Waals surface area contributed by atoms with Crippen molar-refractivity contribution in [2.45, 2.75) is 32.9 Å². The van der Waals surface area contributed by atoms with Crippen LogP contribution in [-0.4, -0.2) is 32.8 Å². The number of benzene rings is 1. The molecule has 1 unspecified atom stereocenters. The third-order valence-corrected chi connectivity index (χ3v) is 3.71. The average molecular weight is 248 g/mol. The monoisotopic (exact) mass is 248 g/mol. The molecular formula is C15H24N2O. The van der Waals surface area contributed by atoms with Crippen LogP contribution < -0.4 is 10.2 Å². The van der Waals surface area contributed by atoms with E-state index in [-0.39, 0.29) is 0 Å². The smallest absolute Gasteiger partial charge is 0.0663 e. The molecular weight excluding hydrogens is 224 g/mol. The van der Waals surface area contributed by atoms with E-state index in [4.69, 9.17) is 4.74 Å². The highest BCUT2D eigenvalue weighted by molar-refractivity contribution is 5.58. The van der Waals surface area contributed by atoms with E-state index in [0.29, 0.717) is 6.04 Å². The standard InChI is InChI=1S/C15H24N2O/c1-4-17(12(2)11-18-3)15-7-5-6-13-10-16-9-8-14(13)15/h5-7,12,16H,4,8-11H2,1-3H3. The molecule has 1 aliphatic heterocycles. The summed E-state index contributed by atoms with van der Waals surface area (Å²) in [5, 5.41) is 3.44. The number of fused-ring (bicyclic) bond motifs is 1. The summed E-state index contributed by atoms with van der Waals surface area (Å²) < 4.78 is 5.30. The van der Waals surface area contributed by atoms with Crippen LogP contribution in [0.5, 0.6) is 0 Å². The second kappa shape index (κ2) is 6.21. The Hall–Kier alpha value is -1.06. The van der Waals surface area contributed by atoms with Gasteiger partial charge in [0.1, 0.15) is 0 Å². The number of methoxy groups -OCH3 is 1. The molecule has 1 aromatic rings. The number of anilines is 1. The SMILES string of the molecule is CCN(c1cccc2c1CCNC2)C(C)COC. The van der Waals surface area contributed by atoms with Gasteiger partial charge in [-0.2, -0.15) is 0 Å². The molecule has 0 bridgehead atoms. The molecule has 0 radical (unpaired) electrons. The topological polar surface area (TPSA) is 24.5 Å². The second-order valence-electron chi connectivity index (χ2n) is 4.93. The van der Waals surface area contributed by atoms with E-state index in [0.717, 1.165) is 32.7 Å². The molecule has 1 N–H and O–H groups in total. The molecule has 0 amide bonds. The lowest BCUT2D eigenvalue weighted by molar-refractivity contribution is 0.182. The zero-order valence-electron chi connectivity index (χ0n) is 11.7. The molecule has 1 aliphatic rings.